The quantitative estimate of drug-likeness (QED) is 0.240. The van der Waals surface area contributed by atoms with Gasteiger partial charge in [0, 0.05) is 19.1 Å². The minimum atomic E-state index is -2.90. The summed E-state index contributed by atoms with van der Waals surface area (Å²) in [6.45, 7) is 5.15. The number of hydrazine groups is 1. The van der Waals surface area contributed by atoms with Gasteiger partial charge in [-0.25, -0.2) is 14.3 Å². The van der Waals surface area contributed by atoms with Crippen molar-refractivity contribution in [1.29, 1.82) is 0 Å². The Balaban J connectivity index is 2.67. The molecule has 1 atom stereocenters. The van der Waals surface area contributed by atoms with Crippen LogP contribution in [0.2, 0.25) is 0 Å². The number of nitrogens with zero attached hydrogens (tertiary/aromatic N) is 2. The van der Waals surface area contributed by atoms with Crippen molar-refractivity contribution in [2.75, 3.05) is 24.6 Å². The summed E-state index contributed by atoms with van der Waals surface area (Å²) in [6, 6.07) is -0.0785. The maximum absolute atomic E-state index is 11.5. The molecule has 100 valence electrons. The molecule has 1 heterocycles. The molecular formula is C10H22N4O2S. The average Bonchev–Trinajstić information content (AvgIpc) is 2.25. The lowest BCUT2D eigenvalue weighted by molar-refractivity contribution is 0.340. The number of unbranched alkanes of at least 4 members (excludes halogenated alkanes) is 1. The topological polar surface area (TPSA) is 87.8 Å². The molecule has 0 bridgehead atoms. The van der Waals surface area contributed by atoms with Crippen molar-refractivity contribution in [3.05, 3.63) is 0 Å². The van der Waals surface area contributed by atoms with Crippen molar-refractivity contribution in [1.82, 2.24) is 10.3 Å². The van der Waals surface area contributed by atoms with Crippen molar-refractivity contribution in [3.8, 4) is 0 Å². The first kappa shape index (κ1) is 14.2. The van der Waals surface area contributed by atoms with Gasteiger partial charge in [-0.3, -0.25) is 10.4 Å². The molecule has 17 heavy (non-hydrogen) atoms. The van der Waals surface area contributed by atoms with Crippen LogP contribution in [-0.2, 0) is 9.84 Å². The van der Waals surface area contributed by atoms with Gasteiger partial charge in [0.1, 0.15) is 0 Å². The molecule has 0 saturated carbocycles. The molecule has 1 aliphatic rings. The van der Waals surface area contributed by atoms with Crippen molar-refractivity contribution >= 4 is 15.8 Å². The molecule has 1 unspecified atom stereocenters. The monoisotopic (exact) mass is 262 g/mol. The maximum Gasteiger partial charge on any atom is 0.208 e. The number of nitrogens with one attached hydrogen (secondary N) is 1. The third kappa shape index (κ3) is 4.16. The first-order valence-corrected chi connectivity index (χ1v) is 7.80. The summed E-state index contributed by atoms with van der Waals surface area (Å²) in [5.74, 6) is 6.38. The second kappa shape index (κ2) is 6.20. The van der Waals surface area contributed by atoms with Crippen molar-refractivity contribution in [3.63, 3.8) is 0 Å². The first-order valence-electron chi connectivity index (χ1n) is 5.98. The summed E-state index contributed by atoms with van der Waals surface area (Å²) in [4.78, 5) is 6.29. The van der Waals surface area contributed by atoms with Gasteiger partial charge in [-0.05, 0) is 13.3 Å². The molecular weight excluding hydrogens is 240 g/mol. The fourth-order valence-electron chi connectivity index (χ4n) is 1.88. The van der Waals surface area contributed by atoms with Gasteiger partial charge < -0.3 is 4.90 Å². The normalized spacial score (nSPS) is 24.8. The number of hydrogen-bond donors (Lipinski definition) is 2. The fourth-order valence-corrected chi connectivity index (χ4v) is 3.43. The highest BCUT2D eigenvalue weighted by Gasteiger charge is 2.29. The molecule has 1 fully saturated rings. The lowest BCUT2D eigenvalue weighted by Gasteiger charge is -2.35. The van der Waals surface area contributed by atoms with Gasteiger partial charge >= 0.3 is 0 Å². The smallest absolute Gasteiger partial charge is 0.208 e. The SMILES string of the molecule is CCCCN=C(NN)N1CCS(=O)(=O)CC1C. The van der Waals surface area contributed by atoms with Crippen LogP contribution >= 0.6 is 0 Å². The molecule has 7 heteroatoms. The highest BCUT2D eigenvalue weighted by Crippen LogP contribution is 2.11. The second-order valence-corrected chi connectivity index (χ2v) is 6.59. The molecule has 0 spiro atoms. The highest BCUT2D eigenvalue weighted by molar-refractivity contribution is 7.91. The lowest BCUT2D eigenvalue weighted by Crippen LogP contribution is -2.55. The van der Waals surface area contributed by atoms with E-state index < -0.39 is 9.84 Å². The number of sulfone groups is 1. The highest BCUT2D eigenvalue weighted by atomic mass is 32.2. The summed E-state index contributed by atoms with van der Waals surface area (Å²) >= 11 is 0. The van der Waals surface area contributed by atoms with Crippen molar-refractivity contribution in [2.24, 2.45) is 10.8 Å². The van der Waals surface area contributed by atoms with Crippen LogP contribution < -0.4 is 11.3 Å². The standard InChI is InChI=1S/C10H22N4O2S/c1-3-4-5-12-10(13-11)14-6-7-17(15,16)8-9(14)2/h9H,3-8,11H2,1-2H3,(H,12,13). The molecule has 0 radical (unpaired) electrons. The first-order chi connectivity index (χ1) is 8.00. The van der Waals surface area contributed by atoms with Crippen LogP contribution in [0.3, 0.4) is 0 Å². The van der Waals surface area contributed by atoms with E-state index in [1.54, 1.807) is 0 Å². The van der Waals surface area contributed by atoms with Crippen molar-refractivity contribution in [2.45, 2.75) is 32.7 Å². The molecule has 1 saturated heterocycles. The van der Waals surface area contributed by atoms with Crippen LogP contribution in [0.25, 0.3) is 0 Å². The van der Waals surface area contributed by atoms with E-state index in [4.69, 9.17) is 5.84 Å². The molecule has 0 amide bonds. The van der Waals surface area contributed by atoms with Gasteiger partial charge in [-0.15, -0.1) is 0 Å². The van der Waals surface area contributed by atoms with Gasteiger partial charge in [0.2, 0.25) is 5.96 Å². The van der Waals surface area contributed by atoms with Crippen LogP contribution in [0.1, 0.15) is 26.7 Å². The predicted octanol–water partition coefficient (Wildman–Crippen LogP) is -0.275. The van der Waals surface area contributed by atoms with E-state index in [-0.39, 0.29) is 17.5 Å². The van der Waals surface area contributed by atoms with E-state index in [9.17, 15) is 8.42 Å². The maximum atomic E-state index is 11.5. The molecule has 0 aromatic rings. The number of nitrogens with two attached hydrogens (primary N) is 1. The van der Waals surface area contributed by atoms with Crippen molar-refractivity contribution < 1.29 is 8.42 Å². The van der Waals surface area contributed by atoms with E-state index in [1.165, 1.54) is 0 Å². The van der Waals surface area contributed by atoms with Gasteiger partial charge in [0.15, 0.2) is 9.84 Å². The minimum Gasteiger partial charge on any atom is -0.337 e. The van der Waals surface area contributed by atoms with Crippen LogP contribution in [0.4, 0.5) is 0 Å². The number of guanidine groups is 1. The van der Waals surface area contributed by atoms with Gasteiger partial charge in [-0.2, -0.15) is 0 Å². The third-order valence-corrected chi connectivity index (χ3v) is 4.64. The number of rotatable bonds is 3. The second-order valence-electron chi connectivity index (χ2n) is 4.36. The van der Waals surface area contributed by atoms with Gasteiger partial charge in [0.25, 0.3) is 0 Å². The summed E-state index contributed by atoms with van der Waals surface area (Å²) in [5.41, 5.74) is 2.57. The molecule has 0 aromatic heterocycles. The summed E-state index contributed by atoms with van der Waals surface area (Å²) < 4.78 is 22.9. The van der Waals surface area contributed by atoms with E-state index in [0.717, 1.165) is 12.8 Å². The minimum absolute atomic E-state index is 0.0785. The lowest BCUT2D eigenvalue weighted by atomic mass is 10.3. The van der Waals surface area contributed by atoms with Crippen LogP contribution in [0.15, 0.2) is 4.99 Å². The molecule has 6 nitrogen and oxygen atoms in total. The van der Waals surface area contributed by atoms with Crippen LogP contribution in [0.5, 0.6) is 0 Å². The Hall–Kier alpha value is -0.820. The van der Waals surface area contributed by atoms with E-state index in [2.05, 4.69) is 17.3 Å². The van der Waals surface area contributed by atoms with Crippen LogP contribution in [-0.4, -0.2) is 49.9 Å². The van der Waals surface area contributed by atoms with Gasteiger partial charge in [-0.1, -0.05) is 13.3 Å². The zero-order chi connectivity index (χ0) is 12.9. The van der Waals surface area contributed by atoms with Crippen LogP contribution in [0, 0.1) is 0 Å². The Morgan fingerprint density at radius 2 is 2.29 bits per heavy atom. The van der Waals surface area contributed by atoms with E-state index >= 15 is 0 Å². The molecule has 0 aliphatic carbocycles. The summed E-state index contributed by atoms with van der Waals surface area (Å²) in [5, 5.41) is 0. The summed E-state index contributed by atoms with van der Waals surface area (Å²) in [6.07, 6.45) is 2.08. The molecule has 1 aliphatic heterocycles. The Labute approximate surface area is 103 Å². The van der Waals surface area contributed by atoms with E-state index in [0.29, 0.717) is 19.0 Å². The molecule has 3 N–H and O–H groups in total. The summed E-state index contributed by atoms with van der Waals surface area (Å²) in [7, 11) is -2.90. The molecule has 0 aromatic carbocycles. The van der Waals surface area contributed by atoms with Gasteiger partial charge in [0.05, 0.1) is 11.5 Å². The zero-order valence-electron chi connectivity index (χ0n) is 10.5. The number of aliphatic imine (C=N–C) groups is 1. The zero-order valence-corrected chi connectivity index (χ0v) is 11.3. The third-order valence-electron chi connectivity index (χ3n) is 2.84. The largest absolute Gasteiger partial charge is 0.337 e. The predicted molar refractivity (Wildman–Crippen MR) is 69.4 cm³/mol. The number of hydrogen-bond acceptors (Lipinski definition) is 4. The Bertz CT molecular complexity index is 367. The Kier molecular flexibility index (Phi) is 5.20. The molecule has 1 rings (SSSR count). The Morgan fingerprint density at radius 3 is 2.82 bits per heavy atom. The van der Waals surface area contributed by atoms with E-state index in [1.807, 2.05) is 11.8 Å². The average molecular weight is 262 g/mol. The Morgan fingerprint density at radius 1 is 1.59 bits per heavy atom. The fraction of sp³-hybridized carbons (Fsp3) is 0.900.